The Bertz CT molecular complexity index is 660. The van der Waals surface area contributed by atoms with Crippen LogP contribution in [0.2, 0.25) is 0 Å². The van der Waals surface area contributed by atoms with Crippen LogP contribution < -0.4 is 9.64 Å². The fourth-order valence-electron chi connectivity index (χ4n) is 2.66. The first-order valence-corrected chi connectivity index (χ1v) is 7.61. The summed E-state index contributed by atoms with van der Waals surface area (Å²) in [6, 6.07) is 7.98. The van der Waals surface area contributed by atoms with Crippen LogP contribution in [0.1, 0.15) is 11.7 Å². The van der Waals surface area contributed by atoms with Crippen LogP contribution in [-0.2, 0) is 11.2 Å². The molecule has 1 saturated heterocycles. The summed E-state index contributed by atoms with van der Waals surface area (Å²) in [5.74, 6) is 1.81. The molecule has 1 aliphatic rings. The number of anilines is 1. The van der Waals surface area contributed by atoms with Crippen molar-refractivity contribution < 1.29 is 14.1 Å². The van der Waals surface area contributed by atoms with Crippen molar-refractivity contribution in [2.75, 3.05) is 38.2 Å². The van der Waals surface area contributed by atoms with Crippen molar-refractivity contribution in [2.45, 2.75) is 13.3 Å². The normalized spacial score (nSPS) is 14.9. The maximum atomic E-state index is 12.3. The lowest BCUT2D eigenvalue weighted by molar-refractivity contribution is -0.131. The van der Waals surface area contributed by atoms with Crippen LogP contribution in [0.25, 0.3) is 0 Å². The average molecular weight is 316 g/mol. The molecule has 7 nitrogen and oxygen atoms in total. The highest BCUT2D eigenvalue weighted by molar-refractivity contribution is 5.78. The number of aromatic nitrogens is 2. The van der Waals surface area contributed by atoms with Crippen molar-refractivity contribution in [1.29, 1.82) is 0 Å². The molecule has 0 radical (unpaired) electrons. The largest absolute Gasteiger partial charge is 0.497 e. The number of carbonyl (C=O) groups excluding carboxylic acids is 1. The Balaban J connectivity index is 1.54. The van der Waals surface area contributed by atoms with Crippen LogP contribution in [-0.4, -0.2) is 54.2 Å². The van der Waals surface area contributed by atoms with E-state index in [0.29, 0.717) is 24.8 Å². The Morgan fingerprint density at radius 3 is 2.48 bits per heavy atom. The van der Waals surface area contributed by atoms with E-state index in [4.69, 9.17) is 9.26 Å². The summed E-state index contributed by atoms with van der Waals surface area (Å²) in [6.45, 7) is 4.74. The van der Waals surface area contributed by atoms with Gasteiger partial charge in [-0.15, -0.1) is 0 Å². The van der Waals surface area contributed by atoms with E-state index in [0.717, 1.165) is 24.5 Å². The molecule has 2 heterocycles. The van der Waals surface area contributed by atoms with Gasteiger partial charge in [-0.3, -0.25) is 4.79 Å². The first-order chi connectivity index (χ1) is 11.2. The van der Waals surface area contributed by atoms with Gasteiger partial charge in [-0.25, -0.2) is 0 Å². The van der Waals surface area contributed by atoms with Gasteiger partial charge in [-0.05, 0) is 31.2 Å². The number of nitrogens with zero attached hydrogens (tertiary/aromatic N) is 4. The Kier molecular flexibility index (Phi) is 4.45. The Morgan fingerprint density at radius 1 is 1.22 bits per heavy atom. The molecular weight excluding hydrogens is 296 g/mol. The molecule has 2 aromatic rings. The molecule has 0 spiro atoms. The predicted molar refractivity (Wildman–Crippen MR) is 84.5 cm³/mol. The standard InChI is InChI=1S/C16H20N4O3/c1-12-17-15(23-18-12)11-16(21)20-9-7-19(8-10-20)13-3-5-14(22-2)6-4-13/h3-6H,7-11H2,1-2H3. The second-order valence-electron chi connectivity index (χ2n) is 5.48. The lowest BCUT2D eigenvalue weighted by atomic mass is 10.2. The molecule has 0 aliphatic carbocycles. The minimum atomic E-state index is 0.0306. The number of carbonyl (C=O) groups is 1. The molecule has 3 rings (SSSR count). The van der Waals surface area contributed by atoms with E-state index < -0.39 is 0 Å². The van der Waals surface area contributed by atoms with Crippen molar-refractivity contribution in [2.24, 2.45) is 0 Å². The first kappa shape index (κ1) is 15.3. The number of methoxy groups -OCH3 is 1. The SMILES string of the molecule is COc1ccc(N2CCN(C(=O)Cc3nc(C)no3)CC2)cc1. The molecule has 0 bridgehead atoms. The number of aryl methyl sites for hydroxylation is 1. The Hall–Kier alpha value is -2.57. The van der Waals surface area contributed by atoms with Crippen LogP contribution in [0.4, 0.5) is 5.69 Å². The summed E-state index contributed by atoms with van der Waals surface area (Å²) in [7, 11) is 1.66. The van der Waals surface area contributed by atoms with Crippen molar-refractivity contribution in [1.82, 2.24) is 15.0 Å². The van der Waals surface area contributed by atoms with Gasteiger partial charge in [0.1, 0.15) is 12.2 Å². The fraction of sp³-hybridized carbons (Fsp3) is 0.438. The molecule has 1 aliphatic heterocycles. The van der Waals surface area contributed by atoms with Crippen LogP contribution in [0.5, 0.6) is 5.75 Å². The van der Waals surface area contributed by atoms with Gasteiger partial charge in [0.05, 0.1) is 7.11 Å². The van der Waals surface area contributed by atoms with Gasteiger partial charge in [0.2, 0.25) is 11.8 Å². The smallest absolute Gasteiger partial charge is 0.236 e. The van der Waals surface area contributed by atoms with Crippen LogP contribution in [0.3, 0.4) is 0 Å². The quantitative estimate of drug-likeness (QED) is 0.846. The highest BCUT2D eigenvalue weighted by Crippen LogP contribution is 2.20. The molecular formula is C16H20N4O3. The zero-order chi connectivity index (χ0) is 16.2. The summed E-state index contributed by atoms with van der Waals surface area (Å²) in [6.07, 6.45) is 0.170. The maximum absolute atomic E-state index is 12.3. The van der Waals surface area contributed by atoms with E-state index in [-0.39, 0.29) is 12.3 Å². The second kappa shape index (κ2) is 6.68. The fourth-order valence-corrected chi connectivity index (χ4v) is 2.66. The minimum absolute atomic E-state index is 0.0306. The summed E-state index contributed by atoms with van der Waals surface area (Å²) < 4.78 is 10.2. The number of benzene rings is 1. The van der Waals surface area contributed by atoms with Crippen LogP contribution in [0.15, 0.2) is 28.8 Å². The van der Waals surface area contributed by atoms with Gasteiger partial charge in [-0.2, -0.15) is 4.98 Å². The molecule has 7 heteroatoms. The number of rotatable bonds is 4. The van der Waals surface area contributed by atoms with Gasteiger partial charge >= 0.3 is 0 Å². The zero-order valence-electron chi connectivity index (χ0n) is 13.4. The van der Waals surface area contributed by atoms with Gasteiger partial charge in [0, 0.05) is 31.9 Å². The Morgan fingerprint density at radius 2 is 1.91 bits per heavy atom. The van der Waals surface area contributed by atoms with Gasteiger partial charge < -0.3 is 19.1 Å². The summed E-state index contributed by atoms with van der Waals surface area (Å²) in [5.41, 5.74) is 1.14. The molecule has 23 heavy (non-hydrogen) atoms. The molecule has 1 aromatic carbocycles. The molecule has 1 amide bonds. The Labute approximate surface area is 134 Å². The molecule has 0 N–H and O–H groups in total. The summed E-state index contributed by atoms with van der Waals surface area (Å²) in [5, 5.41) is 3.71. The molecule has 0 atom stereocenters. The van der Waals surface area contributed by atoms with E-state index in [9.17, 15) is 4.79 Å². The molecule has 0 saturated carbocycles. The molecule has 1 fully saturated rings. The predicted octanol–water partition coefficient (Wildman–Crippen LogP) is 1.28. The van der Waals surface area contributed by atoms with E-state index >= 15 is 0 Å². The average Bonchev–Trinajstić information content (AvgIpc) is 3.00. The molecule has 122 valence electrons. The van der Waals surface area contributed by atoms with Crippen molar-refractivity contribution in [3.8, 4) is 5.75 Å². The van der Waals surface area contributed by atoms with Crippen molar-refractivity contribution >= 4 is 11.6 Å². The maximum Gasteiger partial charge on any atom is 0.236 e. The number of ether oxygens (including phenoxy) is 1. The zero-order valence-corrected chi connectivity index (χ0v) is 13.4. The van der Waals surface area contributed by atoms with E-state index in [1.807, 2.05) is 29.2 Å². The number of hydrogen-bond acceptors (Lipinski definition) is 6. The van der Waals surface area contributed by atoms with E-state index in [1.54, 1.807) is 14.0 Å². The van der Waals surface area contributed by atoms with Crippen molar-refractivity contribution in [3.63, 3.8) is 0 Å². The minimum Gasteiger partial charge on any atom is -0.497 e. The van der Waals surface area contributed by atoms with Crippen molar-refractivity contribution in [3.05, 3.63) is 36.0 Å². The summed E-state index contributed by atoms with van der Waals surface area (Å²) in [4.78, 5) is 20.5. The molecule has 0 unspecified atom stereocenters. The monoisotopic (exact) mass is 316 g/mol. The topological polar surface area (TPSA) is 71.7 Å². The summed E-state index contributed by atoms with van der Waals surface area (Å²) >= 11 is 0. The van der Waals surface area contributed by atoms with Crippen LogP contribution in [0, 0.1) is 6.92 Å². The number of amides is 1. The van der Waals surface area contributed by atoms with Crippen LogP contribution >= 0.6 is 0 Å². The third-order valence-electron chi connectivity index (χ3n) is 3.94. The number of piperazine rings is 1. The van der Waals surface area contributed by atoms with Gasteiger partial charge in [-0.1, -0.05) is 5.16 Å². The lowest BCUT2D eigenvalue weighted by Crippen LogP contribution is -2.49. The van der Waals surface area contributed by atoms with Gasteiger partial charge in [0.15, 0.2) is 5.82 Å². The number of hydrogen-bond donors (Lipinski definition) is 0. The highest BCUT2D eigenvalue weighted by atomic mass is 16.5. The second-order valence-corrected chi connectivity index (χ2v) is 5.48. The first-order valence-electron chi connectivity index (χ1n) is 7.61. The molecule has 1 aromatic heterocycles. The third kappa shape index (κ3) is 3.61. The van der Waals surface area contributed by atoms with E-state index in [2.05, 4.69) is 15.0 Å². The third-order valence-corrected chi connectivity index (χ3v) is 3.94. The van der Waals surface area contributed by atoms with Gasteiger partial charge in [0.25, 0.3) is 0 Å². The van der Waals surface area contributed by atoms with E-state index in [1.165, 1.54) is 0 Å². The highest BCUT2D eigenvalue weighted by Gasteiger charge is 2.22. The lowest BCUT2D eigenvalue weighted by Gasteiger charge is -2.36.